The molecule has 0 N–H and O–H groups in total. The average molecular weight is 362 g/mol. The smallest absolute Gasteiger partial charge is 0.293 e. The van der Waals surface area contributed by atoms with Gasteiger partial charge in [0.2, 0.25) is 10.8 Å². The zero-order valence-electron chi connectivity index (χ0n) is 13.1. The summed E-state index contributed by atoms with van der Waals surface area (Å²) in [6.07, 6.45) is 3.21. The lowest BCUT2D eigenvalue weighted by atomic mass is 10.0. The standard InChI is InChI=1S/C16H16ClN5OS/c1-10-6-4-5-9-21(10)15(23)13-18-19-16-22(13)20-14(24-16)11-7-2-3-8-12(11)17/h2-3,7-8,10H,4-6,9H2,1H3/t10-/m1/s1. The lowest BCUT2D eigenvalue weighted by Crippen LogP contribution is -2.42. The second-order valence-corrected chi connectivity index (χ2v) is 7.31. The summed E-state index contributed by atoms with van der Waals surface area (Å²) in [4.78, 5) is 15.3. The minimum atomic E-state index is -0.106. The van der Waals surface area contributed by atoms with Crippen molar-refractivity contribution in [3.8, 4) is 10.6 Å². The number of carbonyl (C=O) groups is 1. The van der Waals surface area contributed by atoms with Crippen molar-refractivity contribution in [1.82, 2.24) is 24.7 Å². The summed E-state index contributed by atoms with van der Waals surface area (Å²) < 4.78 is 1.53. The van der Waals surface area contributed by atoms with Crippen molar-refractivity contribution in [2.24, 2.45) is 0 Å². The zero-order valence-corrected chi connectivity index (χ0v) is 14.7. The van der Waals surface area contributed by atoms with E-state index in [9.17, 15) is 4.79 Å². The largest absolute Gasteiger partial charge is 0.333 e. The highest BCUT2D eigenvalue weighted by Crippen LogP contribution is 2.31. The lowest BCUT2D eigenvalue weighted by Gasteiger charge is -2.32. The second-order valence-electron chi connectivity index (χ2n) is 5.95. The van der Waals surface area contributed by atoms with E-state index in [1.165, 1.54) is 15.9 Å². The van der Waals surface area contributed by atoms with Gasteiger partial charge in [-0.2, -0.15) is 9.61 Å². The fourth-order valence-electron chi connectivity index (χ4n) is 3.02. The Balaban J connectivity index is 1.72. The van der Waals surface area contributed by atoms with Gasteiger partial charge in [-0.1, -0.05) is 41.1 Å². The molecule has 6 nitrogen and oxygen atoms in total. The number of piperidine rings is 1. The molecule has 1 saturated heterocycles. The number of rotatable bonds is 2. The molecule has 1 aliphatic heterocycles. The van der Waals surface area contributed by atoms with Gasteiger partial charge in [-0.25, -0.2) is 0 Å². The van der Waals surface area contributed by atoms with Crippen molar-refractivity contribution in [3.05, 3.63) is 35.1 Å². The molecule has 1 aromatic carbocycles. The second kappa shape index (κ2) is 6.14. The van der Waals surface area contributed by atoms with E-state index in [4.69, 9.17) is 11.6 Å². The number of fused-ring (bicyclic) bond motifs is 1. The fraction of sp³-hybridized carbons (Fsp3) is 0.375. The Morgan fingerprint density at radius 3 is 2.92 bits per heavy atom. The van der Waals surface area contributed by atoms with Crippen LogP contribution in [0.15, 0.2) is 24.3 Å². The maximum absolute atomic E-state index is 12.8. The summed E-state index contributed by atoms with van der Waals surface area (Å²) in [5.41, 5.74) is 0.833. The van der Waals surface area contributed by atoms with Gasteiger partial charge < -0.3 is 4.90 Å². The number of aromatic nitrogens is 4. The van der Waals surface area contributed by atoms with Crippen molar-refractivity contribution in [3.63, 3.8) is 0 Å². The third-order valence-corrected chi connectivity index (χ3v) is 5.61. The van der Waals surface area contributed by atoms with Crippen LogP contribution in [-0.2, 0) is 0 Å². The van der Waals surface area contributed by atoms with Crippen molar-refractivity contribution < 1.29 is 4.79 Å². The normalized spacial score (nSPS) is 18.2. The number of carbonyl (C=O) groups excluding carboxylic acids is 1. The van der Waals surface area contributed by atoms with E-state index in [1.54, 1.807) is 0 Å². The maximum atomic E-state index is 12.8. The lowest BCUT2D eigenvalue weighted by molar-refractivity contribution is 0.0620. The Hall–Kier alpha value is -1.99. The van der Waals surface area contributed by atoms with Crippen LogP contribution in [0.1, 0.15) is 36.8 Å². The molecule has 0 radical (unpaired) electrons. The molecule has 124 valence electrons. The van der Waals surface area contributed by atoms with E-state index >= 15 is 0 Å². The number of nitrogens with zero attached hydrogens (tertiary/aromatic N) is 5. The van der Waals surface area contributed by atoms with Crippen LogP contribution >= 0.6 is 22.9 Å². The monoisotopic (exact) mass is 361 g/mol. The molecule has 1 atom stereocenters. The van der Waals surface area contributed by atoms with Crippen molar-refractivity contribution in [2.75, 3.05) is 6.54 Å². The molecular weight excluding hydrogens is 346 g/mol. The fourth-order valence-corrected chi connectivity index (χ4v) is 4.18. The molecule has 0 bridgehead atoms. The van der Waals surface area contributed by atoms with E-state index in [2.05, 4.69) is 22.2 Å². The minimum Gasteiger partial charge on any atom is -0.333 e. The maximum Gasteiger partial charge on any atom is 0.293 e. The molecule has 0 spiro atoms. The Labute approximate surface area is 148 Å². The summed E-state index contributed by atoms with van der Waals surface area (Å²) in [7, 11) is 0. The van der Waals surface area contributed by atoms with Crippen molar-refractivity contribution >= 4 is 33.8 Å². The molecule has 1 amide bonds. The topological polar surface area (TPSA) is 63.4 Å². The SMILES string of the molecule is C[C@@H]1CCCCN1C(=O)c1nnc2sc(-c3ccccc3Cl)nn12. The summed E-state index contributed by atoms with van der Waals surface area (Å²) in [5.74, 6) is 0.166. The first-order chi connectivity index (χ1) is 11.6. The van der Waals surface area contributed by atoms with Crippen LogP contribution < -0.4 is 0 Å². The van der Waals surface area contributed by atoms with Crippen LogP contribution in [0.2, 0.25) is 5.02 Å². The zero-order chi connectivity index (χ0) is 16.7. The molecular formula is C16H16ClN5OS. The van der Waals surface area contributed by atoms with E-state index in [1.807, 2.05) is 29.2 Å². The van der Waals surface area contributed by atoms with E-state index in [0.29, 0.717) is 9.98 Å². The summed E-state index contributed by atoms with van der Waals surface area (Å²) >= 11 is 7.62. The highest BCUT2D eigenvalue weighted by Gasteiger charge is 2.29. The summed E-state index contributed by atoms with van der Waals surface area (Å²) in [6, 6.07) is 7.73. The predicted molar refractivity (Wildman–Crippen MR) is 93.5 cm³/mol. The van der Waals surface area contributed by atoms with Gasteiger partial charge in [-0.05, 0) is 32.3 Å². The summed E-state index contributed by atoms with van der Waals surface area (Å²) in [5, 5.41) is 14.0. The minimum absolute atomic E-state index is 0.106. The van der Waals surface area contributed by atoms with E-state index < -0.39 is 0 Å². The number of halogens is 1. The number of benzene rings is 1. The van der Waals surface area contributed by atoms with Gasteiger partial charge >= 0.3 is 0 Å². The molecule has 3 heterocycles. The molecule has 1 fully saturated rings. The molecule has 8 heteroatoms. The van der Waals surface area contributed by atoms with Crippen molar-refractivity contribution in [1.29, 1.82) is 0 Å². The van der Waals surface area contributed by atoms with Crippen LogP contribution in [0.5, 0.6) is 0 Å². The third kappa shape index (κ3) is 2.57. The average Bonchev–Trinajstić information content (AvgIpc) is 3.15. The first kappa shape index (κ1) is 15.5. The van der Waals surface area contributed by atoms with Crippen LogP contribution in [0.25, 0.3) is 15.5 Å². The van der Waals surface area contributed by atoms with Gasteiger partial charge in [0.05, 0.1) is 5.02 Å². The van der Waals surface area contributed by atoms with E-state index in [-0.39, 0.29) is 17.8 Å². The Kier molecular flexibility index (Phi) is 3.97. The predicted octanol–water partition coefficient (Wildman–Crippen LogP) is 3.52. The number of amides is 1. The number of hydrogen-bond donors (Lipinski definition) is 0. The quantitative estimate of drug-likeness (QED) is 0.700. The van der Waals surface area contributed by atoms with Gasteiger partial charge in [0.25, 0.3) is 5.91 Å². The molecule has 1 aliphatic rings. The Bertz CT molecular complexity index is 905. The molecule has 0 aliphatic carbocycles. The van der Waals surface area contributed by atoms with Crippen LogP contribution in [-0.4, -0.2) is 43.2 Å². The third-order valence-electron chi connectivity index (χ3n) is 4.35. The molecule has 24 heavy (non-hydrogen) atoms. The van der Waals surface area contributed by atoms with Gasteiger partial charge in [0, 0.05) is 18.2 Å². The van der Waals surface area contributed by atoms with E-state index in [0.717, 1.165) is 36.4 Å². The number of likely N-dealkylation sites (tertiary alicyclic amines) is 1. The van der Waals surface area contributed by atoms with Gasteiger partial charge in [-0.15, -0.1) is 10.2 Å². The first-order valence-corrected chi connectivity index (χ1v) is 9.12. The van der Waals surface area contributed by atoms with Gasteiger partial charge in [-0.3, -0.25) is 4.79 Å². The van der Waals surface area contributed by atoms with Crippen LogP contribution in [0.3, 0.4) is 0 Å². The van der Waals surface area contributed by atoms with Gasteiger partial charge in [0.15, 0.2) is 0 Å². The molecule has 2 aromatic heterocycles. The molecule has 3 aromatic rings. The first-order valence-electron chi connectivity index (χ1n) is 7.93. The number of hydrogen-bond acceptors (Lipinski definition) is 5. The van der Waals surface area contributed by atoms with Crippen molar-refractivity contribution in [2.45, 2.75) is 32.2 Å². The highest BCUT2D eigenvalue weighted by atomic mass is 35.5. The van der Waals surface area contributed by atoms with Gasteiger partial charge in [0.1, 0.15) is 5.01 Å². The van der Waals surface area contributed by atoms with Crippen LogP contribution in [0.4, 0.5) is 0 Å². The molecule has 4 rings (SSSR count). The van der Waals surface area contributed by atoms with Crippen LogP contribution in [0, 0.1) is 0 Å². The molecule has 0 unspecified atom stereocenters. The molecule has 0 saturated carbocycles. The Morgan fingerprint density at radius 1 is 1.29 bits per heavy atom. The Morgan fingerprint density at radius 2 is 2.12 bits per heavy atom. The highest BCUT2D eigenvalue weighted by molar-refractivity contribution is 7.19. The summed E-state index contributed by atoms with van der Waals surface area (Å²) in [6.45, 7) is 2.84.